The number of benzene rings is 2. The van der Waals surface area contributed by atoms with Gasteiger partial charge < -0.3 is 18.9 Å². The predicted molar refractivity (Wildman–Crippen MR) is 109 cm³/mol. The van der Waals surface area contributed by atoms with E-state index in [1.54, 1.807) is 14.2 Å². The molecule has 0 saturated carbocycles. The van der Waals surface area contributed by atoms with Gasteiger partial charge >= 0.3 is 0 Å². The Morgan fingerprint density at radius 3 is 2.22 bits per heavy atom. The fraction of sp³-hybridized carbons (Fsp3) is 0.478. The lowest BCUT2D eigenvalue weighted by atomic mass is 9.99. The van der Waals surface area contributed by atoms with Gasteiger partial charge in [0.15, 0.2) is 6.29 Å². The molecule has 0 aromatic heterocycles. The largest absolute Gasteiger partial charge is 0.497 e. The normalized spacial score (nSPS) is 13.1. The van der Waals surface area contributed by atoms with Crippen LogP contribution in [0.1, 0.15) is 50.7 Å². The summed E-state index contributed by atoms with van der Waals surface area (Å²) >= 11 is 0. The highest BCUT2D eigenvalue weighted by molar-refractivity contribution is 5.40. The van der Waals surface area contributed by atoms with Gasteiger partial charge in [-0.05, 0) is 61.4 Å². The molecular formula is C23H32O4. The van der Waals surface area contributed by atoms with Gasteiger partial charge in [-0.15, -0.1) is 0 Å². The van der Waals surface area contributed by atoms with Gasteiger partial charge in [-0.1, -0.05) is 32.0 Å². The van der Waals surface area contributed by atoms with Crippen LogP contribution in [0.5, 0.6) is 17.2 Å². The van der Waals surface area contributed by atoms with Gasteiger partial charge in [-0.25, -0.2) is 0 Å². The highest BCUT2D eigenvalue weighted by Crippen LogP contribution is 2.26. The third kappa shape index (κ3) is 6.47. The Balaban J connectivity index is 1.75. The number of ether oxygens (including phenoxy) is 4. The van der Waals surface area contributed by atoms with Gasteiger partial charge in [0.25, 0.3) is 0 Å². The summed E-state index contributed by atoms with van der Waals surface area (Å²) < 4.78 is 22.3. The summed E-state index contributed by atoms with van der Waals surface area (Å²) in [6.07, 6.45) is 2.63. The second-order valence-corrected chi connectivity index (χ2v) is 6.72. The summed E-state index contributed by atoms with van der Waals surface area (Å²) in [6.45, 7) is 6.99. The Kier molecular flexibility index (Phi) is 8.46. The van der Waals surface area contributed by atoms with Gasteiger partial charge in [0.05, 0.1) is 20.8 Å². The lowest BCUT2D eigenvalue weighted by molar-refractivity contribution is -0.0672. The van der Waals surface area contributed by atoms with Crippen LogP contribution in [0, 0.1) is 0 Å². The van der Waals surface area contributed by atoms with Crippen LogP contribution >= 0.6 is 0 Å². The minimum Gasteiger partial charge on any atom is -0.497 e. The van der Waals surface area contributed by atoms with Crippen LogP contribution in [0.4, 0.5) is 0 Å². The predicted octanol–water partition coefficient (Wildman–Crippen LogP) is 5.59. The molecule has 0 aliphatic rings. The molecule has 0 heterocycles. The van der Waals surface area contributed by atoms with Gasteiger partial charge in [-0.3, -0.25) is 0 Å². The van der Waals surface area contributed by atoms with E-state index in [4.69, 9.17) is 18.9 Å². The molecule has 4 nitrogen and oxygen atoms in total. The van der Waals surface area contributed by atoms with E-state index in [-0.39, 0.29) is 6.29 Å². The Bertz CT molecular complexity index is 681. The summed E-state index contributed by atoms with van der Waals surface area (Å²) in [5.41, 5.74) is 2.49. The first-order valence-electron chi connectivity index (χ1n) is 9.66. The van der Waals surface area contributed by atoms with Crippen LogP contribution in [-0.4, -0.2) is 27.1 Å². The van der Waals surface area contributed by atoms with E-state index < -0.39 is 0 Å². The maximum atomic E-state index is 5.85. The summed E-state index contributed by atoms with van der Waals surface area (Å²) in [5, 5.41) is 0. The van der Waals surface area contributed by atoms with E-state index in [9.17, 15) is 0 Å². The molecule has 0 aliphatic heterocycles. The summed E-state index contributed by atoms with van der Waals surface area (Å²) in [5.74, 6) is 3.06. The second kappa shape index (κ2) is 10.8. The van der Waals surface area contributed by atoms with Crippen LogP contribution in [0.2, 0.25) is 0 Å². The van der Waals surface area contributed by atoms with Crippen molar-refractivity contribution in [2.24, 2.45) is 0 Å². The van der Waals surface area contributed by atoms with Crippen molar-refractivity contribution < 1.29 is 18.9 Å². The van der Waals surface area contributed by atoms with Crippen LogP contribution in [0.25, 0.3) is 0 Å². The topological polar surface area (TPSA) is 36.9 Å². The zero-order chi connectivity index (χ0) is 19.6. The molecule has 2 aromatic carbocycles. The van der Waals surface area contributed by atoms with Crippen molar-refractivity contribution in [1.29, 1.82) is 0 Å². The van der Waals surface area contributed by atoms with Crippen molar-refractivity contribution in [2.75, 3.05) is 20.8 Å². The van der Waals surface area contributed by atoms with Gasteiger partial charge in [0.2, 0.25) is 0 Å². The van der Waals surface area contributed by atoms with Gasteiger partial charge in [0, 0.05) is 6.07 Å². The molecular weight excluding hydrogens is 340 g/mol. The van der Waals surface area contributed by atoms with Crippen LogP contribution < -0.4 is 14.2 Å². The van der Waals surface area contributed by atoms with Crippen molar-refractivity contribution in [3.63, 3.8) is 0 Å². The number of rotatable bonds is 11. The van der Waals surface area contributed by atoms with Crippen LogP contribution in [-0.2, 0) is 11.2 Å². The molecule has 0 saturated heterocycles. The maximum absolute atomic E-state index is 5.85. The van der Waals surface area contributed by atoms with E-state index in [2.05, 4.69) is 26.0 Å². The molecule has 0 radical (unpaired) electrons. The highest BCUT2D eigenvalue weighted by atomic mass is 16.7. The Hall–Kier alpha value is -2.20. The first-order chi connectivity index (χ1) is 13.1. The molecule has 2 unspecified atom stereocenters. The molecule has 2 atom stereocenters. The number of hydrogen-bond donors (Lipinski definition) is 0. The lowest BCUT2D eigenvalue weighted by Crippen LogP contribution is -2.17. The number of aryl methyl sites for hydroxylation is 1. The fourth-order valence-corrected chi connectivity index (χ4v) is 2.91. The molecule has 0 N–H and O–H groups in total. The molecule has 0 aliphatic carbocycles. The molecule has 4 heteroatoms. The number of hydrogen-bond acceptors (Lipinski definition) is 4. The Labute approximate surface area is 163 Å². The van der Waals surface area contributed by atoms with E-state index in [1.165, 1.54) is 5.56 Å². The molecule has 0 fully saturated rings. The van der Waals surface area contributed by atoms with E-state index in [0.29, 0.717) is 12.5 Å². The van der Waals surface area contributed by atoms with Crippen LogP contribution in [0.3, 0.4) is 0 Å². The zero-order valence-corrected chi connectivity index (χ0v) is 17.2. The van der Waals surface area contributed by atoms with Crippen LogP contribution in [0.15, 0.2) is 42.5 Å². The molecule has 0 bridgehead atoms. The molecule has 2 rings (SSSR count). The Morgan fingerprint density at radius 2 is 1.59 bits per heavy atom. The smallest absolute Gasteiger partial charge is 0.196 e. The molecule has 0 spiro atoms. The average Bonchev–Trinajstić information content (AvgIpc) is 2.71. The number of methoxy groups -OCH3 is 2. The van der Waals surface area contributed by atoms with Gasteiger partial charge in [-0.2, -0.15) is 0 Å². The van der Waals surface area contributed by atoms with Gasteiger partial charge in [0.1, 0.15) is 17.2 Å². The standard InChI is InChI=1S/C23H32O4/c1-6-17(2)19-9-12-21(13-10-19)27-18(3)26-15-7-8-20-11-14-22(24-4)16-23(20)25-5/h9-14,16-18H,6-8,15H2,1-5H3. The minimum atomic E-state index is -0.280. The molecule has 2 aromatic rings. The summed E-state index contributed by atoms with van der Waals surface area (Å²) in [6, 6.07) is 14.2. The minimum absolute atomic E-state index is 0.280. The third-order valence-corrected chi connectivity index (χ3v) is 4.80. The maximum Gasteiger partial charge on any atom is 0.196 e. The molecule has 148 valence electrons. The van der Waals surface area contributed by atoms with Crippen molar-refractivity contribution in [3.05, 3.63) is 53.6 Å². The molecule has 0 amide bonds. The Morgan fingerprint density at radius 1 is 0.889 bits per heavy atom. The van der Waals surface area contributed by atoms with Crippen molar-refractivity contribution >= 4 is 0 Å². The first-order valence-corrected chi connectivity index (χ1v) is 9.66. The summed E-state index contributed by atoms with van der Waals surface area (Å²) in [4.78, 5) is 0. The third-order valence-electron chi connectivity index (χ3n) is 4.80. The quantitative estimate of drug-likeness (QED) is 0.380. The first kappa shape index (κ1) is 21.1. The van der Waals surface area contributed by atoms with E-state index in [0.717, 1.165) is 42.1 Å². The SMILES string of the molecule is CCC(C)c1ccc(OC(C)OCCCc2ccc(OC)cc2OC)cc1. The zero-order valence-electron chi connectivity index (χ0n) is 17.2. The second-order valence-electron chi connectivity index (χ2n) is 6.72. The molecule has 27 heavy (non-hydrogen) atoms. The van der Waals surface area contributed by atoms with E-state index in [1.807, 2.05) is 37.3 Å². The van der Waals surface area contributed by atoms with Crippen molar-refractivity contribution in [1.82, 2.24) is 0 Å². The van der Waals surface area contributed by atoms with Crippen molar-refractivity contribution in [3.8, 4) is 17.2 Å². The highest BCUT2D eigenvalue weighted by Gasteiger charge is 2.08. The van der Waals surface area contributed by atoms with E-state index >= 15 is 0 Å². The fourth-order valence-electron chi connectivity index (χ4n) is 2.91. The summed E-state index contributed by atoms with van der Waals surface area (Å²) in [7, 11) is 3.33. The van der Waals surface area contributed by atoms with Crippen molar-refractivity contribution in [2.45, 2.75) is 52.2 Å². The monoisotopic (exact) mass is 372 g/mol. The lowest BCUT2D eigenvalue weighted by Gasteiger charge is -2.17. The average molecular weight is 373 g/mol.